The second-order valence-electron chi connectivity index (χ2n) is 4.46. The fraction of sp³-hybridized carbons (Fsp3) is 0.417. The number of amides is 1. The van der Waals surface area contributed by atoms with Gasteiger partial charge in [0, 0.05) is 11.1 Å². The highest BCUT2D eigenvalue weighted by Gasteiger charge is 2.47. The number of halogens is 2. The molecule has 92 valence electrons. The van der Waals surface area contributed by atoms with Crippen LogP contribution in [0.15, 0.2) is 18.2 Å². The number of alkyl halides is 2. The molecule has 1 amide bonds. The third-order valence-electron chi connectivity index (χ3n) is 2.93. The van der Waals surface area contributed by atoms with Crippen LogP contribution in [0.5, 0.6) is 0 Å². The molecule has 1 unspecified atom stereocenters. The molecule has 0 aliphatic carbocycles. The molecule has 1 atom stereocenters. The second kappa shape index (κ2) is 3.77. The standard InChI is InChI=1S/C12H13F2NO2/c1-6(2)7-3-4-8-9(5-7)12(13,14)11(17)15-10(8)16/h3-6,11,17H,1-2H3,(H,15,16). The lowest BCUT2D eigenvalue weighted by atomic mass is 9.91. The quantitative estimate of drug-likeness (QED) is 0.789. The third-order valence-corrected chi connectivity index (χ3v) is 2.93. The molecule has 0 aromatic heterocycles. The number of fused-ring (bicyclic) bond motifs is 1. The highest BCUT2D eigenvalue weighted by molar-refractivity contribution is 5.97. The minimum Gasteiger partial charge on any atom is -0.368 e. The van der Waals surface area contributed by atoms with E-state index in [-0.39, 0.29) is 11.5 Å². The van der Waals surface area contributed by atoms with Crippen LogP contribution in [-0.4, -0.2) is 17.2 Å². The van der Waals surface area contributed by atoms with Crippen molar-refractivity contribution >= 4 is 5.91 Å². The molecule has 1 aliphatic rings. The normalized spacial score (nSPS) is 22.2. The number of nitrogens with one attached hydrogen (secondary N) is 1. The molecule has 0 radical (unpaired) electrons. The Morgan fingerprint density at radius 2 is 2.06 bits per heavy atom. The Morgan fingerprint density at radius 1 is 1.41 bits per heavy atom. The van der Waals surface area contributed by atoms with E-state index >= 15 is 0 Å². The van der Waals surface area contributed by atoms with Gasteiger partial charge in [-0.1, -0.05) is 19.9 Å². The molecular weight excluding hydrogens is 228 g/mol. The van der Waals surface area contributed by atoms with Crippen LogP contribution in [0.4, 0.5) is 8.78 Å². The molecule has 2 N–H and O–H groups in total. The fourth-order valence-electron chi connectivity index (χ4n) is 1.83. The maximum absolute atomic E-state index is 13.7. The van der Waals surface area contributed by atoms with Gasteiger partial charge in [0.05, 0.1) is 0 Å². The average Bonchev–Trinajstić information content (AvgIpc) is 2.26. The molecule has 1 aromatic carbocycles. The molecule has 2 rings (SSSR count). The molecule has 3 nitrogen and oxygen atoms in total. The molecule has 0 fully saturated rings. The lowest BCUT2D eigenvalue weighted by Crippen LogP contribution is -2.51. The molecule has 5 heteroatoms. The van der Waals surface area contributed by atoms with Crippen LogP contribution in [-0.2, 0) is 5.92 Å². The van der Waals surface area contributed by atoms with Crippen molar-refractivity contribution in [2.24, 2.45) is 0 Å². The van der Waals surface area contributed by atoms with E-state index < -0.39 is 23.6 Å². The van der Waals surface area contributed by atoms with E-state index in [4.69, 9.17) is 0 Å². The van der Waals surface area contributed by atoms with Gasteiger partial charge in [-0.05, 0) is 23.6 Å². The topological polar surface area (TPSA) is 49.3 Å². The van der Waals surface area contributed by atoms with E-state index in [1.54, 1.807) is 6.07 Å². The monoisotopic (exact) mass is 241 g/mol. The Balaban J connectivity index is 2.61. The first kappa shape index (κ1) is 12.0. The summed E-state index contributed by atoms with van der Waals surface area (Å²) in [6.45, 7) is 3.75. The van der Waals surface area contributed by atoms with Crippen molar-refractivity contribution in [1.29, 1.82) is 0 Å². The van der Waals surface area contributed by atoms with E-state index in [9.17, 15) is 18.7 Å². The number of aliphatic hydroxyl groups excluding tert-OH is 1. The van der Waals surface area contributed by atoms with E-state index in [0.717, 1.165) is 0 Å². The molecule has 0 bridgehead atoms. The summed E-state index contributed by atoms with van der Waals surface area (Å²) in [6.07, 6.45) is -2.16. The van der Waals surface area contributed by atoms with Gasteiger partial charge in [-0.15, -0.1) is 0 Å². The lowest BCUT2D eigenvalue weighted by Gasteiger charge is -2.30. The van der Waals surface area contributed by atoms with Crippen LogP contribution in [0.2, 0.25) is 0 Å². The summed E-state index contributed by atoms with van der Waals surface area (Å²) < 4.78 is 27.5. The van der Waals surface area contributed by atoms with Crippen molar-refractivity contribution in [3.05, 3.63) is 34.9 Å². The summed E-state index contributed by atoms with van der Waals surface area (Å²) in [5.41, 5.74) is 0.231. The highest BCUT2D eigenvalue weighted by atomic mass is 19.3. The zero-order valence-corrected chi connectivity index (χ0v) is 9.50. The van der Waals surface area contributed by atoms with Crippen molar-refractivity contribution in [3.8, 4) is 0 Å². The summed E-state index contributed by atoms with van der Waals surface area (Å²) in [5, 5.41) is 11.0. The first-order chi connectivity index (χ1) is 7.84. The van der Waals surface area contributed by atoms with Crippen LogP contribution >= 0.6 is 0 Å². The number of rotatable bonds is 1. The van der Waals surface area contributed by atoms with Gasteiger partial charge in [0.25, 0.3) is 5.91 Å². The van der Waals surface area contributed by atoms with Crippen LogP contribution in [0, 0.1) is 0 Å². The minimum atomic E-state index is -3.45. The largest absolute Gasteiger partial charge is 0.368 e. The van der Waals surface area contributed by atoms with Gasteiger partial charge >= 0.3 is 5.92 Å². The van der Waals surface area contributed by atoms with Crippen molar-refractivity contribution in [2.75, 3.05) is 0 Å². The zero-order valence-electron chi connectivity index (χ0n) is 9.50. The number of carbonyl (C=O) groups excluding carboxylic acids is 1. The Hall–Kier alpha value is -1.49. The SMILES string of the molecule is CC(C)c1ccc2c(c1)C(F)(F)C(O)NC2=O. The van der Waals surface area contributed by atoms with E-state index in [1.165, 1.54) is 12.1 Å². The van der Waals surface area contributed by atoms with Crippen molar-refractivity contribution in [2.45, 2.75) is 31.9 Å². The zero-order chi connectivity index (χ0) is 12.8. The summed E-state index contributed by atoms with van der Waals surface area (Å²) in [5.74, 6) is -4.04. The van der Waals surface area contributed by atoms with Gasteiger partial charge in [0.15, 0.2) is 6.23 Å². The van der Waals surface area contributed by atoms with Crippen LogP contribution in [0.1, 0.15) is 41.3 Å². The van der Waals surface area contributed by atoms with Gasteiger partial charge in [-0.2, -0.15) is 8.78 Å². The molecule has 0 saturated carbocycles. The summed E-state index contributed by atoms with van der Waals surface area (Å²) in [7, 11) is 0. The van der Waals surface area contributed by atoms with Crippen LogP contribution < -0.4 is 5.32 Å². The Morgan fingerprint density at radius 3 is 2.65 bits per heavy atom. The van der Waals surface area contributed by atoms with E-state index in [2.05, 4.69) is 0 Å². The van der Waals surface area contributed by atoms with Crippen LogP contribution in [0.25, 0.3) is 0 Å². The first-order valence-corrected chi connectivity index (χ1v) is 5.35. The molecule has 17 heavy (non-hydrogen) atoms. The van der Waals surface area contributed by atoms with Crippen LogP contribution in [0.3, 0.4) is 0 Å². The maximum Gasteiger partial charge on any atom is 0.317 e. The third kappa shape index (κ3) is 1.80. The van der Waals surface area contributed by atoms with Gasteiger partial charge in [0.1, 0.15) is 0 Å². The average molecular weight is 241 g/mol. The summed E-state index contributed by atoms with van der Waals surface area (Å²) in [6, 6.07) is 4.32. The molecule has 1 aliphatic heterocycles. The Kier molecular flexibility index (Phi) is 2.66. The highest BCUT2D eigenvalue weighted by Crippen LogP contribution is 2.37. The van der Waals surface area contributed by atoms with Gasteiger partial charge < -0.3 is 10.4 Å². The minimum absolute atomic E-state index is 0.0790. The van der Waals surface area contributed by atoms with Crippen molar-refractivity contribution in [3.63, 3.8) is 0 Å². The van der Waals surface area contributed by atoms with Crippen molar-refractivity contribution in [1.82, 2.24) is 5.32 Å². The number of hydrogen-bond acceptors (Lipinski definition) is 2. The molecule has 0 spiro atoms. The molecule has 0 saturated heterocycles. The predicted molar refractivity (Wildman–Crippen MR) is 57.9 cm³/mol. The summed E-state index contributed by atoms with van der Waals surface area (Å²) in [4.78, 5) is 11.5. The number of aliphatic hydroxyl groups is 1. The Labute approximate surface area is 97.5 Å². The molecular formula is C12H13F2NO2. The smallest absolute Gasteiger partial charge is 0.317 e. The first-order valence-electron chi connectivity index (χ1n) is 5.35. The maximum atomic E-state index is 13.7. The van der Waals surface area contributed by atoms with E-state index in [0.29, 0.717) is 5.56 Å². The summed E-state index contributed by atoms with van der Waals surface area (Å²) >= 11 is 0. The number of carbonyl (C=O) groups is 1. The number of benzene rings is 1. The van der Waals surface area contributed by atoms with Gasteiger partial charge in [0.2, 0.25) is 0 Å². The predicted octanol–water partition coefficient (Wildman–Crippen LogP) is 1.96. The Bertz CT molecular complexity index is 472. The molecule has 1 aromatic rings. The lowest BCUT2D eigenvalue weighted by molar-refractivity contribution is -0.128. The van der Waals surface area contributed by atoms with Gasteiger partial charge in [-0.25, -0.2) is 0 Å². The number of hydrogen-bond donors (Lipinski definition) is 2. The fourth-order valence-corrected chi connectivity index (χ4v) is 1.83. The van der Waals surface area contributed by atoms with E-state index in [1.807, 2.05) is 19.2 Å². The second-order valence-corrected chi connectivity index (χ2v) is 4.46. The van der Waals surface area contributed by atoms with Crippen molar-refractivity contribution < 1.29 is 18.7 Å². The van der Waals surface area contributed by atoms with Gasteiger partial charge in [-0.3, -0.25) is 4.79 Å². The molecule has 1 heterocycles.